The summed E-state index contributed by atoms with van der Waals surface area (Å²) in [6.07, 6.45) is 1.49. The third-order valence-corrected chi connectivity index (χ3v) is 2.55. The van der Waals surface area contributed by atoms with E-state index in [9.17, 15) is 14.7 Å². The lowest BCUT2D eigenvalue weighted by molar-refractivity contribution is -0.167. The number of hydrogen-bond acceptors (Lipinski definition) is 6. The summed E-state index contributed by atoms with van der Waals surface area (Å²) in [5.41, 5.74) is 0.339. The van der Waals surface area contributed by atoms with Crippen molar-refractivity contribution in [3.63, 3.8) is 0 Å². The molecule has 0 spiro atoms. The standard InChI is InChI=1S/C12H18N2O5/c1-4-18-11(16)9(12(17)19-5-2)10(15)8-6-13-7-14(8)3/h6-7,9-10,15H,4-5H2,1-3H3. The first-order valence-electron chi connectivity index (χ1n) is 6.00. The molecule has 1 N–H and O–H groups in total. The summed E-state index contributed by atoms with van der Waals surface area (Å²) >= 11 is 0. The van der Waals surface area contributed by atoms with Crippen LogP contribution in [0.3, 0.4) is 0 Å². The largest absolute Gasteiger partial charge is 0.465 e. The summed E-state index contributed by atoms with van der Waals surface area (Å²) in [7, 11) is 1.65. The molecule has 0 fully saturated rings. The number of aliphatic hydroxyl groups is 1. The van der Waals surface area contributed by atoms with Crippen LogP contribution in [0, 0.1) is 5.92 Å². The van der Waals surface area contributed by atoms with Crippen molar-refractivity contribution in [1.82, 2.24) is 9.55 Å². The van der Waals surface area contributed by atoms with Gasteiger partial charge in [0, 0.05) is 7.05 Å². The normalized spacial score (nSPS) is 12.3. The molecule has 1 heterocycles. The molecule has 19 heavy (non-hydrogen) atoms. The lowest BCUT2D eigenvalue weighted by atomic mass is 10.00. The van der Waals surface area contributed by atoms with E-state index in [4.69, 9.17) is 9.47 Å². The van der Waals surface area contributed by atoms with Crippen molar-refractivity contribution in [2.45, 2.75) is 20.0 Å². The van der Waals surface area contributed by atoms with E-state index in [-0.39, 0.29) is 13.2 Å². The van der Waals surface area contributed by atoms with Crippen LogP contribution < -0.4 is 0 Å². The van der Waals surface area contributed by atoms with Gasteiger partial charge in [-0.1, -0.05) is 0 Å². The maximum atomic E-state index is 11.8. The van der Waals surface area contributed by atoms with Gasteiger partial charge < -0.3 is 19.1 Å². The Balaban J connectivity index is 2.99. The van der Waals surface area contributed by atoms with Crippen LogP contribution in [0.1, 0.15) is 25.6 Å². The Morgan fingerprint density at radius 3 is 2.21 bits per heavy atom. The topological polar surface area (TPSA) is 90.7 Å². The Kier molecular flexibility index (Phi) is 5.50. The Morgan fingerprint density at radius 1 is 1.32 bits per heavy atom. The Morgan fingerprint density at radius 2 is 1.84 bits per heavy atom. The first-order valence-corrected chi connectivity index (χ1v) is 6.00. The van der Waals surface area contributed by atoms with Crippen LogP contribution in [0.25, 0.3) is 0 Å². The van der Waals surface area contributed by atoms with Crippen molar-refractivity contribution in [2.75, 3.05) is 13.2 Å². The molecule has 106 valence electrons. The summed E-state index contributed by atoms with van der Waals surface area (Å²) < 4.78 is 11.1. The Bertz CT molecular complexity index is 425. The summed E-state index contributed by atoms with van der Waals surface area (Å²) in [6, 6.07) is 0. The first-order chi connectivity index (χ1) is 9.02. The van der Waals surface area contributed by atoms with Crippen molar-refractivity contribution >= 4 is 11.9 Å². The Hall–Kier alpha value is -1.89. The van der Waals surface area contributed by atoms with Crippen molar-refractivity contribution < 1.29 is 24.2 Å². The molecule has 1 rings (SSSR count). The minimum atomic E-state index is -1.41. The van der Waals surface area contributed by atoms with Gasteiger partial charge in [0.05, 0.1) is 31.4 Å². The molecule has 7 heteroatoms. The van der Waals surface area contributed by atoms with Crippen molar-refractivity contribution in [2.24, 2.45) is 13.0 Å². The highest BCUT2D eigenvalue weighted by atomic mass is 16.6. The lowest BCUT2D eigenvalue weighted by Crippen LogP contribution is -2.34. The zero-order valence-corrected chi connectivity index (χ0v) is 11.2. The van der Waals surface area contributed by atoms with E-state index in [1.54, 1.807) is 20.9 Å². The average molecular weight is 270 g/mol. The lowest BCUT2D eigenvalue weighted by Gasteiger charge is -2.19. The first kappa shape index (κ1) is 15.2. The molecule has 1 aromatic heterocycles. The highest BCUT2D eigenvalue weighted by molar-refractivity contribution is 5.95. The second-order valence-electron chi connectivity index (χ2n) is 3.86. The number of imidazole rings is 1. The number of aromatic nitrogens is 2. The molecule has 7 nitrogen and oxygen atoms in total. The molecule has 0 saturated carbocycles. The quantitative estimate of drug-likeness (QED) is 0.586. The summed E-state index contributed by atoms with van der Waals surface area (Å²) in [4.78, 5) is 27.4. The fourth-order valence-electron chi connectivity index (χ4n) is 1.64. The van der Waals surface area contributed by atoms with Gasteiger partial charge in [-0.15, -0.1) is 0 Å². The van der Waals surface area contributed by atoms with Crippen molar-refractivity contribution in [3.8, 4) is 0 Å². The summed E-state index contributed by atoms with van der Waals surface area (Å²) in [5, 5.41) is 10.2. The van der Waals surface area contributed by atoms with Crippen LogP contribution in [0.2, 0.25) is 0 Å². The molecule has 0 radical (unpaired) electrons. The van der Waals surface area contributed by atoms with Gasteiger partial charge in [0.15, 0.2) is 5.92 Å². The van der Waals surface area contributed by atoms with E-state index in [2.05, 4.69) is 4.98 Å². The number of carbonyl (C=O) groups excluding carboxylic acids is 2. The smallest absolute Gasteiger partial charge is 0.323 e. The summed E-state index contributed by atoms with van der Waals surface area (Å²) in [6.45, 7) is 3.48. The van der Waals surface area contributed by atoms with Crippen LogP contribution in [0.15, 0.2) is 12.5 Å². The zero-order chi connectivity index (χ0) is 14.4. The predicted molar refractivity (Wildman–Crippen MR) is 64.9 cm³/mol. The molecule has 0 aliphatic carbocycles. The zero-order valence-electron chi connectivity index (χ0n) is 11.2. The van der Waals surface area contributed by atoms with Crippen molar-refractivity contribution in [1.29, 1.82) is 0 Å². The number of rotatable bonds is 6. The van der Waals surface area contributed by atoms with E-state index in [0.717, 1.165) is 0 Å². The second-order valence-corrected chi connectivity index (χ2v) is 3.86. The predicted octanol–water partition coefficient (Wildman–Crippen LogP) is 0.196. The van der Waals surface area contributed by atoms with Gasteiger partial charge in [-0.2, -0.15) is 0 Å². The number of ether oxygens (including phenoxy) is 2. The molecule has 0 aromatic carbocycles. The van der Waals surface area contributed by atoms with Crippen LogP contribution in [-0.4, -0.2) is 39.8 Å². The van der Waals surface area contributed by atoms with Crippen molar-refractivity contribution in [3.05, 3.63) is 18.2 Å². The monoisotopic (exact) mass is 270 g/mol. The molecular weight excluding hydrogens is 252 g/mol. The maximum absolute atomic E-state index is 11.8. The molecule has 0 bridgehead atoms. The van der Waals surface area contributed by atoms with E-state index in [1.807, 2.05) is 0 Å². The molecule has 0 amide bonds. The van der Waals surface area contributed by atoms with E-state index in [0.29, 0.717) is 5.69 Å². The van der Waals surface area contributed by atoms with Crippen LogP contribution in [0.4, 0.5) is 0 Å². The van der Waals surface area contributed by atoms with Crippen LogP contribution in [-0.2, 0) is 26.1 Å². The third-order valence-electron chi connectivity index (χ3n) is 2.55. The van der Waals surface area contributed by atoms with Gasteiger partial charge in [0.2, 0.25) is 0 Å². The fraction of sp³-hybridized carbons (Fsp3) is 0.583. The van der Waals surface area contributed by atoms with Gasteiger partial charge in [-0.05, 0) is 13.8 Å². The van der Waals surface area contributed by atoms with E-state index in [1.165, 1.54) is 17.1 Å². The number of hydrogen-bond donors (Lipinski definition) is 1. The second kappa shape index (κ2) is 6.89. The SMILES string of the molecule is CCOC(=O)C(C(=O)OCC)C(O)c1cncn1C. The number of aliphatic hydroxyl groups excluding tert-OH is 1. The molecule has 1 atom stereocenters. The molecule has 1 unspecified atom stereocenters. The Labute approximate surface area is 111 Å². The molecule has 0 aliphatic rings. The van der Waals surface area contributed by atoms with Crippen LogP contribution in [0.5, 0.6) is 0 Å². The molecular formula is C12H18N2O5. The average Bonchev–Trinajstić information content (AvgIpc) is 2.76. The highest BCUT2D eigenvalue weighted by Crippen LogP contribution is 2.24. The molecule has 1 aromatic rings. The fourth-order valence-corrected chi connectivity index (χ4v) is 1.64. The molecule has 0 saturated heterocycles. The minimum absolute atomic E-state index is 0.118. The number of nitrogens with zero attached hydrogens (tertiary/aromatic N) is 2. The minimum Gasteiger partial charge on any atom is -0.465 e. The molecule has 0 aliphatic heterocycles. The van der Waals surface area contributed by atoms with E-state index >= 15 is 0 Å². The number of carbonyl (C=O) groups is 2. The third kappa shape index (κ3) is 3.54. The highest BCUT2D eigenvalue weighted by Gasteiger charge is 2.38. The van der Waals surface area contributed by atoms with Gasteiger partial charge in [0.1, 0.15) is 6.10 Å². The van der Waals surface area contributed by atoms with Gasteiger partial charge in [0.25, 0.3) is 0 Å². The number of esters is 2. The van der Waals surface area contributed by atoms with Gasteiger partial charge in [-0.3, -0.25) is 9.59 Å². The number of aryl methyl sites for hydroxylation is 1. The van der Waals surface area contributed by atoms with Crippen LogP contribution >= 0.6 is 0 Å². The van der Waals surface area contributed by atoms with Gasteiger partial charge >= 0.3 is 11.9 Å². The van der Waals surface area contributed by atoms with E-state index < -0.39 is 24.0 Å². The van der Waals surface area contributed by atoms with Gasteiger partial charge in [-0.25, -0.2) is 4.98 Å². The maximum Gasteiger partial charge on any atom is 0.323 e. The summed E-state index contributed by atoms with van der Waals surface area (Å²) in [5.74, 6) is -3.03.